The number of ether oxygens (including phenoxy) is 1. The lowest BCUT2D eigenvalue weighted by Crippen LogP contribution is -2.02. The molecule has 1 N–H and O–H groups in total. The van der Waals surface area contributed by atoms with Crippen LogP contribution in [0.1, 0.15) is 21.5 Å². The minimum atomic E-state index is -0.346. The third kappa shape index (κ3) is 3.33. The zero-order valence-electron chi connectivity index (χ0n) is 12.3. The van der Waals surface area contributed by atoms with E-state index < -0.39 is 0 Å². The Balaban J connectivity index is 2.37. The maximum absolute atomic E-state index is 12.4. The van der Waals surface area contributed by atoms with Gasteiger partial charge in [0.2, 0.25) is 5.78 Å². The topological polar surface area (TPSA) is 70.3 Å². The monoisotopic (exact) mass is 293 g/mol. The van der Waals surface area contributed by atoms with Crippen molar-refractivity contribution in [2.75, 3.05) is 7.11 Å². The summed E-state index contributed by atoms with van der Waals surface area (Å²) in [5.41, 5.74) is 1.97. The molecule has 0 bridgehead atoms. The summed E-state index contributed by atoms with van der Waals surface area (Å²) in [5, 5.41) is 19.0. The third-order valence-electron chi connectivity index (χ3n) is 3.16. The van der Waals surface area contributed by atoms with Gasteiger partial charge in [0.05, 0.1) is 7.11 Å². The number of nitrogens with zero attached hydrogens (tertiary/aromatic N) is 1. The van der Waals surface area contributed by atoms with Gasteiger partial charge in [-0.3, -0.25) is 4.79 Å². The summed E-state index contributed by atoms with van der Waals surface area (Å²) >= 11 is 0. The van der Waals surface area contributed by atoms with Crippen molar-refractivity contribution in [1.82, 2.24) is 0 Å². The van der Waals surface area contributed by atoms with E-state index in [0.717, 1.165) is 5.56 Å². The van der Waals surface area contributed by atoms with Gasteiger partial charge in [-0.1, -0.05) is 29.8 Å². The smallest absolute Gasteiger partial charge is 0.203 e. The normalized spacial score (nSPS) is 10.9. The lowest BCUT2D eigenvalue weighted by molar-refractivity contribution is 0.104. The number of rotatable bonds is 4. The molecule has 0 unspecified atom stereocenters. The molecule has 0 aliphatic rings. The number of benzene rings is 2. The lowest BCUT2D eigenvalue weighted by Gasteiger charge is -2.04. The van der Waals surface area contributed by atoms with E-state index >= 15 is 0 Å². The second-order valence-electron chi connectivity index (χ2n) is 4.80. The van der Waals surface area contributed by atoms with Crippen molar-refractivity contribution in [1.29, 1.82) is 5.26 Å². The fraction of sp³-hybridized carbons (Fsp3) is 0.111. The molecule has 2 aromatic rings. The summed E-state index contributed by atoms with van der Waals surface area (Å²) in [4.78, 5) is 12.4. The van der Waals surface area contributed by atoms with E-state index in [-0.39, 0.29) is 17.1 Å². The number of hydrogen-bond donors (Lipinski definition) is 1. The molecular weight excluding hydrogens is 278 g/mol. The number of allylic oxidation sites excluding steroid dienone is 1. The average Bonchev–Trinajstić information content (AvgIpc) is 2.52. The molecule has 0 spiro atoms. The van der Waals surface area contributed by atoms with Gasteiger partial charge < -0.3 is 9.84 Å². The van der Waals surface area contributed by atoms with Crippen LogP contribution in [0.4, 0.5) is 0 Å². The number of aromatic hydroxyl groups is 1. The van der Waals surface area contributed by atoms with E-state index in [2.05, 4.69) is 0 Å². The van der Waals surface area contributed by atoms with Crippen LogP contribution in [0.3, 0.4) is 0 Å². The van der Waals surface area contributed by atoms with Crippen molar-refractivity contribution < 1.29 is 14.6 Å². The van der Waals surface area contributed by atoms with Gasteiger partial charge in [-0.05, 0) is 36.8 Å². The molecule has 22 heavy (non-hydrogen) atoms. The van der Waals surface area contributed by atoms with Crippen LogP contribution in [0.5, 0.6) is 11.5 Å². The first-order chi connectivity index (χ1) is 10.5. The van der Waals surface area contributed by atoms with E-state index in [0.29, 0.717) is 16.9 Å². The standard InChI is InChI=1S/C18H15NO3/c1-12-4-3-5-14(8-12)18(21)15(11-19)9-13-6-7-17(22-2)16(20)10-13/h3-10,20H,1-2H3/b15-9+. The molecule has 0 fully saturated rings. The molecule has 0 radical (unpaired) electrons. The molecule has 0 aromatic heterocycles. The minimum Gasteiger partial charge on any atom is -0.504 e. The molecule has 0 saturated heterocycles. The van der Waals surface area contributed by atoms with Crippen LogP contribution >= 0.6 is 0 Å². The number of Topliss-reactive ketones (excluding diaryl/α,β-unsaturated/α-hetero) is 1. The molecule has 2 rings (SSSR count). The third-order valence-corrected chi connectivity index (χ3v) is 3.16. The fourth-order valence-corrected chi connectivity index (χ4v) is 2.05. The number of phenols is 1. The molecule has 4 nitrogen and oxygen atoms in total. The number of methoxy groups -OCH3 is 1. The summed E-state index contributed by atoms with van der Waals surface area (Å²) < 4.78 is 4.96. The second kappa shape index (κ2) is 6.59. The number of carbonyl (C=O) groups excluding carboxylic acids is 1. The average molecular weight is 293 g/mol. The van der Waals surface area contributed by atoms with E-state index in [1.54, 1.807) is 30.3 Å². The van der Waals surface area contributed by atoms with Gasteiger partial charge in [-0.2, -0.15) is 5.26 Å². The maximum Gasteiger partial charge on any atom is 0.203 e. The summed E-state index contributed by atoms with van der Waals surface area (Å²) in [6, 6.07) is 13.7. The number of ketones is 1. The Kier molecular flexibility index (Phi) is 4.60. The van der Waals surface area contributed by atoms with E-state index in [4.69, 9.17) is 4.74 Å². The molecule has 0 aliphatic carbocycles. The predicted octanol–water partition coefficient (Wildman–Crippen LogP) is 3.50. The SMILES string of the molecule is COc1ccc(/C=C(\C#N)C(=O)c2cccc(C)c2)cc1O. The molecule has 110 valence electrons. The number of hydrogen-bond acceptors (Lipinski definition) is 4. The van der Waals surface area contributed by atoms with Crippen LogP contribution in [-0.4, -0.2) is 18.0 Å². The van der Waals surface area contributed by atoms with Gasteiger partial charge in [-0.15, -0.1) is 0 Å². The van der Waals surface area contributed by atoms with E-state index in [1.165, 1.54) is 19.3 Å². The molecule has 0 aliphatic heterocycles. The molecule has 4 heteroatoms. The van der Waals surface area contributed by atoms with Crippen LogP contribution < -0.4 is 4.74 Å². The van der Waals surface area contributed by atoms with Gasteiger partial charge >= 0.3 is 0 Å². The first-order valence-corrected chi connectivity index (χ1v) is 6.65. The number of carbonyl (C=O) groups is 1. The summed E-state index contributed by atoms with van der Waals surface area (Å²) in [5.74, 6) is -0.0567. The maximum atomic E-state index is 12.4. The molecule has 0 atom stereocenters. The highest BCUT2D eigenvalue weighted by Gasteiger charge is 2.12. The Morgan fingerprint density at radius 1 is 1.27 bits per heavy atom. The Bertz CT molecular complexity index is 785. The van der Waals surface area contributed by atoms with Gasteiger partial charge in [0.1, 0.15) is 11.6 Å². The van der Waals surface area contributed by atoms with E-state index in [1.807, 2.05) is 19.1 Å². The Hall–Kier alpha value is -3.06. The Morgan fingerprint density at radius 2 is 2.05 bits per heavy atom. The quantitative estimate of drug-likeness (QED) is 0.532. The number of phenolic OH excluding ortho intramolecular Hbond substituents is 1. The first-order valence-electron chi connectivity index (χ1n) is 6.65. The van der Waals surface area contributed by atoms with Crippen molar-refractivity contribution in [2.24, 2.45) is 0 Å². The Morgan fingerprint density at radius 3 is 2.64 bits per heavy atom. The molecule has 0 heterocycles. The van der Waals surface area contributed by atoms with E-state index in [9.17, 15) is 15.2 Å². The van der Waals surface area contributed by atoms with Crippen LogP contribution in [0.15, 0.2) is 48.0 Å². The zero-order valence-corrected chi connectivity index (χ0v) is 12.3. The van der Waals surface area contributed by atoms with Crippen molar-refractivity contribution in [3.05, 3.63) is 64.7 Å². The molecular formula is C18H15NO3. The van der Waals surface area contributed by atoms with Crippen LogP contribution in [0, 0.1) is 18.3 Å². The van der Waals surface area contributed by atoms with Crippen LogP contribution in [0.25, 0.3) is 6.08 Å². The van der Waals surface area contributed by atoms with Gasteiger partial charge in [-0.25, -0.2) is 0 Å². The summed E-state index contributed by atoms with van der Waals surface area (Å²) in [6.07, 6.45) is 1.45. The van der Waals surface area contributed by atoms with Crippen molar-refractivity contribution >= 4 is 11.9 Å². The number of aryl methyl sites for hydroxylation is 1. The van der Waals surface area contributed by atoms with Crippen molar-refractivity contribution in [2.45, 2.75) is 6.92 Å². The van der Waals surface area contributed by atoms with Crippen LogP contribution in [-0.2, 0) is 0 Å². The zero-order chi connectivity index (χ0) is 16.1. The van der Waals surface area contributed by atoms with Crippen LogP contribution in [0.2, 0.25) is 0 Å². The lowest BCUT2D eigenvalue weighted by atomic mass is 10.0. The second-order valence-corrected chi connectivity index (χ2v) is 4.80. The highest BCUT2D eigenvalue weighted by atomic mass is 16.5. The summed E-state index contributed by atoms with van der Waals surface area (Å²) in [7, 11) is 1.45. The van der Waals surface area contributed by atoms with Gasteiger partial charge in [0, 0.05) is 5.56 Å². The van der Waals surface area contributed by atoms with Crippen molar-refractivity contribution in [3.63, 3.8) is 0 Å². The van der Waals surface area contributed by atoms with Crippen molar-refractivity contribution in [3.8, 4) is 17.6 Å². The molecule has 0 amide bonds. The molecule has 2 aromatic carbocycles. The first kappa shape index (κ1) is 15.3. The van der Waals surface area contributed by atoms with Gasteiger partial charge in [0.15, 0.2) is 11.5 Å². The Labute approximate surface area is 128 Å². The van der Waals surface area contributed by atoms with Gasteiger partial charge in [0.25, 0.3) is 0 Å². The minimum absolute atomic E-state index is 0.00941. The predicted molar refractivity (Wildman–Crippen MR) is 83.8 cm³/mol. The largest absolute Gasteiger partial charge is 0.504 e. The summed E-state index contributed by atoms with van der Waals surface area (Å²) in [6.45, 7) is 1.88. The fourth-order valence-electron chi connectivity index (χ4n) is 2.05. The molecule has 0 saturated carbocycles. The highest BCUT2D eigenvalue weighted by Crippen LogP contribution is 2.27. The number of nitriles is 1. The highest BCUT2D eigenvalue weighted by molar-refractivity contribution is 6.14.